The van der Waals surface area contributed by atoms with Crippen molar-refractivity contribution in [3.8, 4) is 0 Å². The second-order valence-electron chi connectivity index (χ2n) is 6.94. The molecule has 0 saturated heterocycles. The zero-order valence-corrected chi connectivity index (χ0v) is 18.8. The Bertz CT molecular complexity index is 992. The van der Waals surface area contributed by atoms with E-state index in [0.29, 0.717) is 35.1 Å². The number of carbonyl (C=O) groups excluding carboxylic acids is 3. The molecule has 0 aromatic heterocycles. The molecule has 2 aromatic rings. The molecule has 0 aliphatic carbocycles. The normalized spacial score (nSPS) is 13.1. The van der Waals surface area contributed by atoms with Gasteiger partial charge in [-0.2, -0.15) is 0 Å². The van der Waals surface area contributed by atoms with E-state index in [-0.39, 0.29) is 30.0 Å². The highest BCUT2D eigenvalue weighted by molar-refractivity contribution is 8.00. The molecular formula is C22H24ClN3O3S. The maximum Gasteiger partial charge on any atom is 0.253 e. The minimum atomic E-state index is -0.327. The summed E-state index contributed by atoms with van der Waals surface area (Å²) in [6, 6.07) is 10.6. The lowest BCUT2D eigenvalue weighted by molar-refractivity contribution is -0.120. The number of aryl methyl sites for hydroxylation is 1. The molecule has 2 aromatic carbocycles. The first-order chi connectivity index (χ1) is 14.3. The summed E-state index contributed by atoms with van der Waals surface area (Å²) in [5.74, 6) is -0.338. The molecule has 8 heteroatoms. The van der Waals surface area contributed by atoms with Gasteiger partial charge in [0.2, 0.25) is 11.8 Å². The highest BCUT2D eigenvalue weighted by Gasteiger charge is 2.28. The molecule has 0 fully saturated rings. The van der Waals surface area contributed by atoms with E-state index in [1.165, 1.54) is 16.7 Å². The summed E-state index contributed by atoms with van der Waals surface area (Å²) < 4.78 is 0. The molecule has 0 radical (unpaired) electrons. The molecule has 30 heavy (non-hydrogen) atoms. The summed E-state index contributed by atoms with van der Waals surface area (Å²) in [5, 5.41) is 3.34. The first kappa shape index (κ1) is 22.2. The van der Waals surface area contributed by atoms with E-state index < -0.39 is 0 Å². The SMILES string of the molecule is CCN(CC)C(=O)c1ccc2c(c1)N(CC(=O)Nc1cc(Cl)ccc1C)C(=O)CS2. The molecule has 0 spiro atoms. The summed E-state index contributed by atoms with van der Waals surface area (Å²) in [7, 11) is 0. The molecule has 6 nitrogen and oxygen atoms in total. The number of carbonyl (C=O) groups is 3. The standard InChI is InChI=1S/C22H24ClN3O3S/c1-4-25(5-2)22(29)15-7-9-19-18(10-15)26(21(28)13-30-19)12-20(27)24-17-11-16(23)8-6-14(17)3/h6-11H,4-5,12-13H2,1-3H3,(H,24,27). The zero-order chi connectivity index (χ0) is 21.8. The largest absolute Gasteiger partial charge is 0.339 e. The molecule has 0 atom stereocenters. The molecule has 3 rings (SSSR count). The molecule has 0 bridgehead atoms. The molecular weight excluding hydrogens is 422 g/mol. The predicted octanol–water partition coefficient (Wildman–Crippen LogP) is 4.21. The Morgan fingerprint density at radius 3 is 2.60 bits per heavy atom. The summed E-state index contributed by atoms with van der Waals surface area (Å²) in [6.07, 6.45) is 0. The lowest BCUT2D eigenvalue weighted by Crippen LogP contribution is -2.41. The predicted molar refractivity (Wildman–Crippen MR) is 122 cm³/mol. The Kier molecular flexibility index (Phi) is 7.05. The van der Waals surface area contributed by atoms with Crippen molar-refractivity contribution in [3.05, 3.63) is 52.5 Å². The van der Waals surface area contributed by atoms with Crippen molar-refractivity contribution in [2.75, 3.05) is 35.6 Å². The molecule has 1 N–H and O–H groups in total. The summed E-state index contributed by atoms with van der Waals surface area (Å²) in [6.45, 7) is 6.79. The number of rotatable bonds is 6. The average molecular weight is 446 g/mol. The Balaban J connectivity index is 1.85. The fourth-order valence-corrected chi connectivity index (χ4v) is 4.35. The first-order valence-corrected chi connectivity index (χ1v) is 11.1. The Labute approximate surface area is 185 Å². The topological polar surface area (TPSA) is 69.7 Å². The molecule has 0 unspecified atom stereocenters. The number of halogens is 1. The van der Waals surface area contributed by atoms with Crippen LogP contribution in [0, 0.1) is 6.92 Å². The fraction of sp³-hybridized carbons (Fsp3) is 0.318. The Hall–Kier alpha value is -2.51. The van der Waals surface area contributed by atoms with Crippen LogP contribution in [0.2, 0.25) is 5.02 Å². The number of hydrogen-bond donors (Lipinski definition) is 1. The van der Waals surface area contributed by atoms with Crippen molar-refractivity contribution in [3.63, 3.8) is 0 Å². The maximum atomic E-state index is 12.7. The van der Waals surface area contributed by atoms with Crippen LogP contribution in [0.1, 0.15) is 29.8 Å². The first-order valence-electron chi connectivity index (χ1n) is 9.76. The van der Waals surface area contributed by atoms with E-state index in [2.05, 4.69) is 5.32 Å². The molecule has 3 amide bonds. The van der Waals surface area contributed by atoms with Crippen LogP contribution in [-0.2, 0) is 9.59 Å². The van der Waals surface area contributed by atoms with E-state index in [1.54, 1.807) is 29.2 Å². The number of nitrogens with zero attached hydrogens (tertiary/aromatic N) is 2. The van der Waals surface area contributed by atoms with Gasteiger partial charge in [0.05, 0.1) is 11.4 Å². The maximum absolute atomic E-state index is 12.7. The number of nitrogens with one attached hydrogen (secondary N) is 1. The molecule has 1 aliphatic heterocycles. The highest BCUT2D eigenvalue weighted by atomic mass is 35.5. The number of amides is 3. The third-order valence-corrected chi connectivity index (χ3v) is 6.26. The van der Waals surface area contributed by atoms with Crippen molar-refractivity contribution in [1.82, 2.24) is 4.90 Å². The van der Waals surface area contributed by atoms with E-state index >= 15 is 0 Å². The average Bonchev–Trinajstić information content (AvgIpc) is 2.73. The van der Waals surface area contributed by atoms with Gasteiger partial charge in [-0.25, -0.2) is 0 Å². The summed E-state index contributed by atoms with van der Waals surface area (Å²) >= 11 is 7.44. The molecule has 158 valence electrons. The van der Waals surface area contributed by atoms with Gasteiger partial charge in [-0.1, -0.05) is 17.7 Å². The van der Waals surface area contributed by atoms with Crippen LogP contribution < -0.4 is 10.2 Å². The van der Waals surface area contributed by atoms with Gasteiger partial charge in [0.15, 0.2) is 0 Å². The van der Waals surface area contributed by atoms with Gasteiger partial charge in [-0.15, -0.1) is 11.8 Å². The monoisotopic (exact) mass is 445 g/mol. The zero-order valence-electron chi connectivity index (χ0n) is 17.2. The fourth-order valence-electron chi connectivity index (χ4n) is 3.26. The van der Waals surface area contributed by atoms with Gasteiger partial charge in [0.1, 0.15) is 6.54 Å². The Morgan fingerprint density at radius 1 is 1.17 bits per heavy atom. The molecule has 1 heterocycles. The van der Waals surface area contributed by atoms with E-state index in [4.69, 9.17) is 11.6 Å². The second kappa shape index (κ2) is 9.53. The highest BCUT2D eigenvalue weighted by Crippen LogP contribution is 2.36. The van der Waals surface area contributed by atoms with E-state index in [9.17, 15) is 14.4 Å². The van der Waals surface area contributed by atoms with Gasteiger partial charge in [-0.3, -0.25) is 14.4 Å². The number of thioether (sulfide) groups is 1. The van der Waals surface area contributed by atoms with Crippen molar-refractivity contribution in [2.45, 2.75) is 25.7 Å². The van der Waals surface area contributed by atoms with E-state index in [1.807, 2.05) is 32.9 Å². The minimum absolute atomic E-state index is 0.0928. The molecule has 0 saturated carbocycles. The van der Waals surface area contributed by atoms with Crippen molar-refractivity contribution >= 4 is 52.5 Å². The number of hydrogen-bond acceptors (Lipinski definition) is 4. The van der Waals surface area contributed by atoms with Crippen molar-refractivity contribution < 1.29 is 14.4 Å². The van der Waals surface area contributed by atoms with Gasteiger partial charge in [-0.05, 0) is 56.7 Å². The van der Waals surface area contributed by atoms with Gasteiger partial charge in [0.25, 0.3) is 5.91 Å². The van der Waals surface area contributed by atoms with Crippen LogP contribution in [0.25, 0.3) is 0 Å². The van der Waals surface area contributed by atoms with Crippen LogP contribution in [0.4, 0.5) is 11.4 Å². The third kappa shape index (κ3) is 4.79. The lowest BCUT2D eigenvalue weighted by Gasteiger charge is -2.29. The quantitative estimate of drug-likeness (QED) is 0.723. The van der Waals surface area contributed by atoms with Gasteiger partial charge in [0, 0.05) is 34.3 Å². The second-order valence-corrected chi connectivity index (χ2v) is 8.39. The molecule has 1 aliphatic rings. The van der Waals surface area contributed by atoms with Crippen LogP contribution in [-0.4, -0.2) is 48.0 Å². The van der Waals surface area contributed by atoms with E-state index in [0.717, 1.165) is 10.5 Å². The Morgan fingerprint density at radius 2 is 1.90 bits per heavy atom. The van der Waals surface area contributed by atoms with Crippen LogP contribution in [0.5, 0.6) is 0 Å². The van der Waals surface area contributed by atoms with Gasteiger partial charge >= 0.3 is 0 Å². The smallest absolute Gasteiger partial charge is 0.253 e. The van der Waals surface area contributed by atoms with Gasteiger partial charge < -0.3 is 15.1 Å². The number of anilines is 2. The van der Waals surface area contributed by atoms with Crippen LogP contribution in [0.3, 0.4) is 0 Å². The van der Waals surface area contributed by atoms with Crippen LogP contribution >= 0.6 is 23.4 Å². The summed E-state index contributed by atoms with van der Waals surface area (Å²) in [5.41, 5.74) is 2.58. The van der Waals surface area contributed by atoms with Crippen molar-refractivity contribution in [2.24, 2.45) is 0 Å². The number of fused-ring (bicyclic) bond motifs is 1. The van der Waals surface area contributed by atoms with Crippen molar-refractivity contribution in [1.29, 1.82) is 0 Å². The summed E-state index contributed by atoms with van der Waals surface area (Å²) in [4.78, 5) is 42.1. The third-order valence-electron chi connectivity index (χ3n) is 4.97. The van der Waals surface area contributed by atoms with Crippen LogP contribution in [0.15, 0.2) is 41.3 Å². The number of benzene rings is 2. The lowest BCUT2D eigenvalue weighted by atomic mass is 10.1. The minimum Gasteiger partial charge on any atom is -0.339 e.